The van der Waals surface area contributed by atoms with E-state index in [9.17, 15) is 13.2 Å². The standard InChI is InChI=1S/C15H19N3O3.C2HF3O2/c1-10-16-15(21-17-10)13-7-11-4-5-18(9-14(11)20-13)8-12-3-2-6-19-12;3-2(4,5)1(6)7/h2-3,6,11,13-14H,4-5,7-9H2,1H3;(H,6,7)/t11-,13-,14+;/m0./s1. The van der Waals surface area contributed by atoms with Gasteiger partial charge in [0.25, 0.3) is 5.89 Å². The van der Waals surface area contributed by atoms with Crippen LogP contribution in [0.15, 0.2) is 27.3 Å². The number of alkyl halides is 3. The number of aliphatic carboxylic acids is 1. The summed E-state index contributed by atoms with van der Waals surface area (Å²) in [4.78, 5) is 15.6. The van der Waals surface area contributed by atoms with E-state index in [1.165, 1.54) is 0 Å². The number of nitrogens with zero attached hydrogens (tertiary/aromatic N) is 3. The third-order valence-corrected chi connectivity index (χ3v) is 4.66. The summed E-state index contributed by atoms with van der Waals surface area (Å²) in [7, 11) is 0. The highest BCUT2D eigenvalue weighted by molar-refractivity contribution is 5.73. The summed E-state index contributed by atoms with van der Waals surface area (Å²) in [5.74, 6) is 0.139. The third-order valence-electron chi connectivity index (χ3n) is 4.66. The van der Waals surface area contributed by atoms with Crippen LogP contribution in [0, 0.1) is 12.8 Å². The molecule has 0 aromatic carbocycles. The van der Waals surface area contributed by atoms with Crippen LogP contribution in [-0.4, -0.2) is 51.5 Å². The highest BCUT2D eigenvalue weighted by Gasteiger charge is 2.41. The van der Waals surface area contributed by atoms with Crippen LogP contribution in [0.2, 0.25) is 0 Å². The van der Waals surface area contributed by atoms with Crippen molar-refractivity contribution in [3.63, 3.8) is 0 Å². The van der Waals surface area contributed by atoms with Crippen molar-refractivity contribution < 1.29 is 36.7 Å². The Balaban J connectivity index is 0.000000279. The molecule has 2 aromatic rings. The molecule has 28 heavy (non-hydrogen) atoms. The number of halogens is 3. The predicted octanol–water partition coefficient (Wildman–Crippen LogP) is 2.96. The Bertz CT molecular complexity index is 777. The molecule has 0 bridgehead atoms. The number of aryl methyl sites for hydroxylation is 1. The van der Waals surface area contributed by atoms with Gasteiger partial charge >= 0.3 is 12.1 Å². The molecule has 0 saturated carbocycles. The van der Waals surface area contributed by atoms with Crippen molar-refractivity contribution in [1.82, 2.24) is 15.0 Å². The number of rotatable bonds is 3. The minimum Gasteiger partial charge on any atom is -0.475 e. The second kappa shape index (κ2) is 8.31. The van der Waals surface area contributed by atoms with Gasteiger partial charge in [0.2, 0.25) is 0 Å². The Labute approximate surface area is 158 Å². The molecule has 0 amide bonds. The van der Waals surface area contributed by atoms with Crippen LogP contribution in [0.1, 0.15) is 36.4 Å². The molecule has 0 aliphatic carbocycles. The summed E-state index contributed by atoms with van der Waals surface area (Å²) in [5.41, 5.74) is 0. The number of carbonyl (C=O) groups is 1. The first-order valence-electron chi connectivity index (χ1n) is 8.73. The van der Waals surface area contributed by atoms with Gasteiger partial charge in [-0.05, 0) is 44.4 Å². The molecule has 3 atom stereocenters. The van der Waals surface area contributed by atoms with Crippen molar-refractivity contribution in [2.75, 3.05) is 13.1 Å². The number of hydrogen-bond acceptors (Lipinski definition) is 7. The van der Waals surface area contributed by atoms with Gasteiger partial charge in [-0.15, -0.1) is 0 Å². The molecule has 0 unspecified atom stereocenters. The molecule has 2 aromatic heterocycles. The molecule has 8 nitrogen and oxygen atoms in total. The molecule has 11 heteroatoms. The van der Waals surface area contributed by atoms with Crippen LogP contribution in [0.5, 0.6) is 0 Å². The quantitative estimate of drug-likeness (QED) is 0.835. The fourth-order valence-electron chi connectivity index (χ4n) is 3.36. The summed E-state index contributed by atoms with van der Waals surface area (Å²) in [6.07, 6.45) is -1.01. The van der Waals surface area contributed by atoms with Crippen molar-refractivity contribution >= 4 is 5.97 Å². The Morgan fingerprint density at radius 2 is 2.18 bits per heavy atom. The van der Waals surface area contributed by atoms with Crippen molar-refractivity contribution in [3.05, 3.63) is 35.9 Å². The van der Waals surface area contributed by atoms with Crippen molar-refractivity contribution in [2.45, 2.75) is 44.7 Å². The Morgan fingerprint density at radius 1 is 1.43 bits per heavy atom. The second-order valence-electron chi connectivity index (χ2n) is 6.74. The topological polar surface area (TPSA) is 102 Å². The van der Waals surface area contributed by atoms with Crippen LogP contribution in [0.4, 0.5) is 13.2 Å². The van der Waals surface area contributed by atoms with Gasteiger partial charge < -0.3 is 18.8 Å². The first-order chi connectivity index (χ1) is 13.2. The summed E-state index contributed by atoms with van der Waals surface area (Å²) >= 11 is 0. The Hall–Kier alpha value is -2.40. The molecule has 0 radical (unpaired) electrons. The van der Waals surface area contributed by atoms with Crippen LogP contribution in [0.25, 0.3) is 0 Å². The maximum absolute atomic E-state index is 10.6. The van der Waals surface area contributed by atoms with Crippen LogP contribution in [0.3, 0.4) is 0 Å². The molecule has 154 valence electrons. The normalized spacial score (nSPS) is 25.1. The molecule has 4 heterocycles. The number of hydrogen-bond donors (Lipinski definition) is 1. The number of fused-ring (bicyclic) bond motifs is 1. The molecule has 2 aliphatic rings. The summed E-state index contributed by atoms with van der Waals surface area (Å²) in [5, 5.41) is 11.0. The van der Waals surface area contributed by atoms with Gasteiger partial charge in [0.15, 0.2) is 5.82 Å². The zero-order valence-electron chi connectivity index (χ0n) is 15.1. The fraction of sp³-hybridized carbons (Fsp3) is 0.588. The van der Waals surface area contributed by atoms with E-state index in [1.807, 2.05) is 19.1 Å². The number of carboxylic acid groups (broad SMARTS) is 1. The van der Waals surface area contributed by atoms with E-state index in [4.69, 9.17) is 23.6 Å². The van der Waals surface area contributed by atoms with Crippen molar-refractivity contribution in [2.24, 2.45) is 5.92 Å². The highest BCUT2D eigenvalue weighted by Crippen LogP contribution is 2.40. The van der Waals surface area contributed by atoms with Gasteiger partial charge in [-0.2, -0.15) is 18.2 Å². The van der Waals surface area contributed by atoms with E-state index in [-0.39, 0.29) is 12.2 Å². The lowest BCUT2D eigenvalue weighted by Crippen LogP contribution is -2.41. The van der Waals surface area contributed by atoms with Gasteiger partial charge in [-0.3, -0.25) is 4.90 Å². The van der Waals surface area contributed by atoms with Crippen LogP contribution >= 0.6 is 0 Å². The van der Waals surface area contributed by atoms with Gasteiger partial charge in [0.1, 0.15) is 11.9 Å². The van der Waals surface area contributed by atoms with Crippen molar-refractivity contribution in [1.29, 1.82) is 0 Å². The average molecular weight is 403 g/mol. The molecule has 2 saturated heterocycles. The van der Waals surface area contributed by atoms with E-state index in [0.717, 1.165) is 38.2 Å². The number of likely N-dealkylation sites (tertiary alicyclic amines) is 1. The van der Waals surface area contributed by atoms with E-state index in [1.54, 1.807) is 6.26 Å². The zero-order valence-corrected chi connectivity index (χ0v) is 15.1. The number of carboxylic acids is 1. The molecule has 1 N–H and O–H groups in total. The third kappa shape index (κ3) is 5.10. The Kier molecular flexibility index (Phi) is 6.04. The van der Waals surface area contributed by atoms with E-state index in [2.05, 4.69) is 15.0 Å². The van der Waals surface area contributed by atoms with Crippen LogP contribution < -0.4 is 0 Å². The number of aromatic nitrogens is 2. The Morgan fingerprint density at radius 3 is 2.75 bits per heavy atom. The lowest BCUT2D eigenvalue weighted by molar-refractivity contribution is -0.192. The summed E-state index contributed by atoms with van der Waals surface area (Å²) < 4.78 is 48.6. The molecular formula is C17H20F3N3O5. The minimum absolute atomic E-state index is 0.0373. The fourth-order valence-corrected chi connectivity index (χ4v) is 3.36. The van der Waals surface area contributed by atoms with E-state index >= 15 is 0 Å². The number of furan rings is 1. The van der Waals surface area contributed by atoms with E-state index < -0.39 is 12.1 Å². The minimum atomic E-state index is -5.08. The maximum Gasteiger partial charge on any atom is 0.490 e. The molecule has 4 rings (SSSR count). The maximum atomic E-state index is 10.6. The van der Waals surface area contributed by atoms with Gasteiger partial charge in [0, 0.05) is 6.54 Å². The average Bonchev–Trinajstić information content (AvgIpc) is 3.34. The molecule has 2 aliphatic heterocycles. The summed E-state index contributed by atoms with van der Waals surface area (Å²) in [6.45, 7) is 4.71. The molecule has 2 fully saturated rings. The number of piperidine rings is 1. The first kappa shape index (κ1) is 20.3. The zero-order chi connectivity index (χ0) is 20.3. The first-order valence-corrected chi connectivity index (χ1v) is 8.73. The SMILES string of the molecule is Cc1noc([C@@H]2C[C@@H]3CCN(Cc4ccco4)C[C@H]3O2)n1.O=C(O)C(F)(F)F. The van der Waals surface area contributed by atoms with E-state index in [0.29, 0.717) is 17.6 Å². The van der Waals surface area contributed by atoms with Gasteiger partial charge in [-0.25, -0.2) is 4.79 Å². The largest absolute Gasteiger partial charge is 0.490 e. The molecule has 0 spiro atoms. The van der Waals surface area contributed by atoms with Crippen LogP contribution in [-0.2, 0) is 16.1 Å². The van der Waals surface area contributed by atoms with Gasteiger partial charge in [0.05, 0.1) is 18.9 Å². The lowest BCUT2D eigenvalue weighted by atomic mass is 9.92. The highest BCUT2D eigenvalue weighted by atomic mass is 19.4. The van der Waals surface area contributed by atoms with Gasteiger partial charge in [-0.1, -0.05) is 5.16 Å². The summed E-state index contributed by atoms with van der Waals surface area (Å²) in [6, 6.07) is 3.95. The molecular weight excluding hydrogens is 383 g/mol. The predicted molar refractivity (Wildman–Crippen MR) is 87.0 cm³/mol. The second-order valence-corrected chi connectivity index (χ2v) is 6.74. The van der Waals surface area contributed by atoms with Crippen molar-refractivity contribution in [3.8, 4) is 0 Å². The monoisotopic (exact) mass is 403 g/mol. The lowest BCUT2D eigenvalue weighted by Gasteiger charge is -2.33. The smallest absolute Gasteiger partial charge is 0.475 e. The number of ether oxygens (including phenoxy) is 1.